The van der Waals surface area contributed by atoms with Gasteiger partial charge >= 0.3 is 0 Å². The van der Waals surface area contributed by atoms with E-state index in [1.165, 1.54) is 22.3 Å². The van der Waals surface area contributed by atoms with Crippen LogP contribution in [0.2, 0.25) is 0 Å². The quantitative estimate of drug-likeness (QED) is 0.0908. The summed E-state index contributed by atoms with van der Waals surface area (Å²) in [6.45, 7) is 10.8. The van der Waals surface area contributed by atoms with E-state index in [1.54, 1.807) is 0 Å². The molecule has 1 aliphatic carbocycles. The van der Waals surface area contributed by atoms with Crippen LogP contribution in [0.5, 0.6) is 46.0 Å². The fraction of sp³-hybridized carbons (Fsp3) is 0.400. The van der Waals surface area contributed by atoms with Crippen molar-refractivity contribution in [3.8, 4) is 46.0 Å². The Labute approximate surface area is 442 Å². The molecular formula is C60H64N8O8. The van der Waals surface area contributed by atoms with Crippen LogP contribution in [0.15, 0.2) is 74.9 Å². The molecule has 0 radical (unpaired) electrons. The Hall–Kier alpha value is -7.88. The highest BCUT2D eigenvalue weighted by atomic mass is 16.7. The van der Waals surface area contributed by atoms with Gasteiger partial charge in [0.25, 0.3) is 0 Å². The van der Waals surface area contributed by atoms with E-state index < -0.39 is 0 Å². The molecule has 0 fully saturated rings. The second-order valence-electron chi connectivity index (χ2n) is 20.6. The van der Waals surface area contributed by atoms with Crippen LogP contribution in [-0.4, -0.2) is 65.4 Å². The molecule has 5 aliphatic rings. The number of hydrogen-bond acceptors (Lipinski definition) is 12. The molecule has 0 atom stereocenters. The summed E-state index contributed by atoms with van der Waals surface area (Å²) in [6, 6.07) is 0. The lowest BCUT2D eigenvalue weighted by atomic mass is 9.78. The molecule has 13 rings (SSSR count). The number of rotatable bonds is 16. The smallest absolute Gasteiger partial charge is 0.230 e. The topological polar surface area (TPSA) is 145 Å². The monoisotopic (exact) mass is 1020 g/mol. The summed E-state index contributed by atoms with van der Waals surface area (Å²) in [5, 5.41) is 0. The summed E-state index contributed by atoms with van der Waals surface area (Å²) in [5.74, 6) is 6.31. The summed E-state index contributed by atoms with van der Waals surface area (Å²) < 4.78 is 65.1. The maximum absolute atomic E-state index is 7.09. The lowest BCUT2D eigenvalue weighted by molar-refractivity contribution is 0.0956. The summed E-state index contributed by atoms with van der Waals surface area (Å²) in [5.41, 5.74) is 18.0. The Bertz CT molecular complexity index is 2860. The average molecular weight is 1030 g/mol. The zero-order valence-electron chi connectivity index (χ0n) is 43.9. The van der Waals surface area contributed by atoms with Crippen molar-refractivity contribution in [3.63, 3.8) is 0 Å². The van der Waals surface area contributed by atoms with Crippen molar-refractivity contribution < 1.29 is 37.9 Å². The second-order valence-corrected chi connectivity index (χ2v) is 20.6. The van der Waals surface area contributed by atoms with Gasteiger partial charge in [-0.25, -0.2) is 19.9 Å². The molecule has 8 aromatic rings. The lowest BCUT2D eigenvalue weighted by Gasteiger charge is -2.36. The molecule has 4 aliphatic heterocycles. The molecule has 0 N–H and O–H groups in total. The summed E-state index contributed by atoms with van der Waals surface area (Å²) in [6.07, 6.45) is 31.8. The van der Waals surface area contributed by atoms with Gasteiger partial charge in [-0.05, 0) is 47.9 Å². The molecule has 0 saturated carbocycles. The Morgan fingerprint density at radius 3 is 0.658 bits per heavy atom. The van der Waals surface area contributed by atoms with Gasteiger partial charge in [0.15, 0.2) is 0 Å². The minimum Gasteiger partial charge on any atom is -0.457 e. The van der Waals surface area contributed by atoms with Crippen molar-refractivity contribution in [3.05, 3.63) is 164 Å². The minimum absolute atomic E-state index is 0.0317. The Balaban J connectivity index is 1.20. The zero-order chi connectivity index (χ0) is 51.3. The van der Waals surface area contributed by atoms with Crippen LogP contribution in [0.4, 0.5) is 0 Å². The third-order valence-electron chi connectivity index (χ3n) is 15.9. The summed E-state index contributed by atoms with van der Waals surface area (Å²) in [4.78, 5) is 18.0. The molecule has 8 heterocycles. The molecule has 4 aromatic heterocycles. The third kappa shape index (κ3) is 8.27. The van der Waals surface area contributed by atoms with Gasteiger partial charge < -0.3 is 56.2 Å². The van der Waals surface area contributed by atoms with E-state index in [4.69, 9.17) is 37.9 Å². The maximum Gasteiger partial charge on any atom is 0.230 e. The maximum atomic E-state index is 7.09. The van der Waals surface area contributed by atoms with Crippen molar-refractivity contribution in [2.24, 2.45) is 0 Å². The molecule has 0 spiro atoms. The van der Waals surface area contributed by atoms with E-state index in [9.17, 15) is 0 Å². The first-order chi connectivity index (χ1) is 37.5. The van der Waals surface area contributed by atoms with E-state index in [-0.39, 0.29) is 27.2 Å². The molecule has 0 saturated heterocycles. The molecule has 0 unspecified atom stereocenters. The number of benzene rings is 4. The number of imidazole rings is 4. The Kier molecular flexibility index (Phi) is 12.8. The first kappa shape index (κ1) is 47.8. The zero-order valence-corrected chi connectivity index (χ0v) is 43.9. The third-order valence-corrected chi connectivity index (χ3v) is 15.9. The molecule has 76 heavy (non-hydrogen) atoms. The van der Waals surface area contributed by atoms with Crippen LogP contribution in [0.3, 0.4) is 0 Å². The number of aromatic nitrogens is 8. The normalized spacial score (nSPS) is 14.6. The van der Waals surface area contributed by atoms with Crippen LogP contribution in [0.25, 0.3) is 0 Å². The van der Waals surface area contributed by atoms with Crippen LogP contribution in [0, 0.1) is 0 Å². The minimum atomic E-state index is -0.0317. The summed E-state index contributed by atoms with van der Waals surface area (Å²) in [7, 11) is 0. The Morgan fingerprint density at radius 1 is 0.303 bits per heavy atom. The van der Waals surface area contributed by atoms with Crippen molar-refractivity contribution in [2.45, 2.75) is 131 Å². The van der Waals surface area contributed by atoms with Gasteiger partial charge in [0.05, 0.1) is 73.7 Å². The fourth-order valence-corrected chi connectivity index (χ4v) is 12.9. The van der Waals surface area contributed by atoms with Gasteiger partial charge in [0.2, 0.25) is 27.2 Å². The number of hydrogen-bond donors (Lipinski definition) is 0. The standard InChI is InChI=1S/C60H64N8O8/c1-5-9-37-41-21-43-38(10-6-2)45-23-47-40(12-8-4)48-24-46-39(11-7-3)44-22-42(37)54-49(25-65-17-13-61-29-65)53(41)69-33-71-55(43)50(26-66-18-14-62-30-66)57(45)73-35-75-59(47)52(28-68-20-16-64-32-68)60(48)76-36-74-58(46)51(56(44)72-34-70-54)27-67-19-15-63-31-67/h13-20,29-32H,5-12,21-28,33-36H2,1-4H3. The van der Waals surface area contributed by atoms with Gasteiger partial charge in [0, 0.05) is 120 Å². The van der Waals surface area contributed by atoms with E-state index in [1.807, 2.05) is 74.9 Å². The summed E-state index contributed by atoms with van der Waals surface area (Å²) >= 11 is 0. The Morgan fingerprint density at radius 2 is 0.500 bits per heavy atom. The highest BCUT2D eigenvalue weighted by Gasteiger charge is 2.39. The fourth-order valence-electron chi connectivity index (χ4n) is 12.9. The van der Waals surface area contributed by atoms with Gasteiger partial charge in [0.1, 0.15) is 46.0 Å². The lowest BCUT2D eigenvalue weighted by Crippen LogP contribution is -2.26. The van der Waals surface area contributed by atoms with Crippen LogP contribution >= 0.6 is 0 Å². The van der Waals surface area contributed by atoms with Gasteiger partial charge in [-0.2, -0.15) is 0 Å². The molecule has 392 valence electrons. The van der Waals surface area contributed by atoms with E-state index in [2.05, 4.69) is 65.9 Å². The molecule has 4 aromatic carbocycles. The molecular weight excluding hydrogens is 961 g/mol. The molecule has 16 heteroatoms. The second kappa shape index (κ2) is 20.3. The highest BCUT2D eigenvalue weighted by molar-refractivity contribution is 5.72. The predicted molar refractivity (Wildman–Crippen MR) is 283 cm³/mol. The van der Waals surface area contributed by atoms with Crippen molar-refractivity contribution >= 4 is 0 Å². The molecule has 0 amide bonds. The van der Waals surface area contributed by atoms with Gasteiger partial charge in [-0.3, -0.25) is 0 Å². The molecule has 16 nitrogen and oxygen atoms in total. The van der Waals surface area contributed by atoms with Crippen molar-refractivity contribution in [1.82, 2.24) is 38.2 Å². The van der Waals surface area contributed by atoms with E-state index in [0.717, 1.165) is 164 Å². The van der Waals surface area contributed by atoms with Gasteiger partial charge in [-0.1, -0.05) is 53.4 Å². The largest absolute Gasteiger partial charge is 0.457 e. The SMILES string of the molecule is CCCc1c2c3c(Cn4ccnc4)c4c1Cc1c(CCC)c5c(c(Cn6ccnc6)c1OCO4)OCOc1c(c(CCC)c4c(c1Cn1ccnc1)OCOc1c(c(CCC)c(c(c1Cn1ccnc1)OCO3)C2)C4)C5. The van der Waals surface area contributed by atoms with E-state index in [0.29, 0.717) is 51.9 Å². The highest BCUT2D eigenvalue weighted by Crippen LogP contribution is 2.54. The average Bonchev–Trinajstić information content (AvgIpc) is 4.30. The van der Waals surface area contributed by atoms with Crippen molar-refractivity contribution in [2.75, 3.05) is 27.2 Å². The van der Waals surface area contributed by atoms with Crippen LogP contribution in [-0.2, 0) is 77.5 Å². The number of nitrogens with zero attached hydrogens (tertiary/aromatic N) is 8. The van der Waals surface area contributed by atoms with Crippen molar-refractivity contribution in [1.29, 1.82) is 0 Å². The first-order valence-electron chi connectivity index (χ1n) is 27.2. The predicted octanol–water partition coefficient (Wildman–Crippen LogP) is 10.1. The van der Waals surface area contributed by atoms with E-state index >= 15 is 0 Å². The first-order valence-corrected chi connectivity index (χ1v) is 27.2. The van der Waals surface area contributed by atoms with Gasteiger partial charge in [-0.15, -0.1) is 0 Å². The van der Waals surface area contributed by atoms with Crippen LogP contribution < -0.4 is 37.9 Å². The number of ether oxygens (including phenoxy) is 8. The van der Waals surface area contributed by atoms with Crippen LogP contribution in [0.1, 0.15) is 142 Å². The molecule has 8 bridgehead atoms.